The van der Waals surface area contributed by atoms with E-state index in [1.54, 1.807) is 25.1 Å². The van der Waals surface area contributed by atoms with E-state index in [0.717, 1.165) is 25.3 Å². The molecule has 0 atom stereocenters. The zero-order valence-electron chi connectivity index (χ0n) is 16.7. The lowest BCUT2D eigenvalue weighted by Crippen LogP contribution is -2.12. The van der Waals surface area contributed by atoms with Crippen LogP contribution in [0.3, 0.4) is 0 Å². The zero-order valence-corrected chi connectivity index (χ0v) is 16.7. The number of rotatable bonds is 8. The SMILES string of the molecule is C=C(/C=C(\N)Nc1cc(C)nc(Nc2cc(OC)cc(C(C)(F)F)c2)n1)C1CC1. The van der Waals surface area contributed by atoms with Crippen LogP contribution in [0.15, 0.2) is 48.3 Å². The molecule has 0 radical (unpaired) electrons. The molecule has 154 valence electrons. The molecule has 1 heterocycles. The molecule has 0 spiro atoms. The van der Waals surface area contributed by atoms with Gasteiger partial charge in [-0.2, -0.15) is 4.98 Å². The number of aryl methyl sites for hydroxylation is 1. The number of nitrogens with one attached hydrogen (secondary N) is 2. The predicted molar refractivity (Wildman–Crippen MR) is 110 cm³/mol. The van der Waals surface area contributed by atoms with E-state index >= 15 is 0 Å². The molecule has 0 unspecified atom stereocenters. The number of anilines is 3. The predicted octanol–water partition coefficient (Wildman–Crippen LogP) is 4.83. The Morgan fingerprint density at radius 2 is 2.00 bits per heavy atom. The Morgan fingerprint density at radius 3 is 2.62 bits per heavy atom. The Hall–Kier alpha value is -3.16. The van der Waals surface area contributed by atoms with Gasteiger partial charge in [0.05, 0.1) is 7.11 Å². The van der Waals surface area contributed by atoms with Crippen molar-refractivity contribution >= 4 is 17.5 Å². The number of nitrogens with two attached hydrogens (primary N) is 1. The second kappa shape index (κ2) is 8.06. The summed E-state index contributed by atoms with van der Waals surface area (Å²) in [5.74, 6) is -1.02. The van der Waals surface area contributed by atoms with Crippen molar-refractivity contribution in [3.05, 3.63) is 59.6 Å². The number of methoxy groups -OCH3 is 1. The molecule has 0 saturated heterocycles. The van der Waals surface area contributed by atoms with E-state index in [1.165, 1.54) is 19.2 Å². The van der Waals surface area contributed by atoms with Crippen LogP contribution in [0.25, 0.3) is 0 Å². The quantitative estimate of drug-likeness (QED) is 0.550. The zero-order chi connectivity index (χ0) is 21.2. The van der Waals surface area contributed by atoms with E-state index in [2.05, 4.69) is 27.2 Å². The molecule has 2 aromatic rings. The fourth-order valence-corrected chi connectivity index (χ4v) is 2.82. The van der Waals surface area contributed by atoms with Crippen molar-refractivity contribution < 1.29 is 13.5 Å². The average molecular weight is 401 g/mol. The van der Waals surface area contributed by atoms with Crippen LogP contribution in [0.2, 0.25) is 0 Å². The molecule has 1 aromatic heterocycles. The molecular formula is C21H25F2N5O. The van der Waals surface area contributed by atoms with Crippen molar-refractivity contribution in [2.75, 3.05) is 17.7 Å². The van der Waals surface area contributed by atoms with Crippen LogP contribution in [-0.4, -0.2) is 17.1 Å². The number of nitrogens with zero attached hydrogens (tertiary/aromatic N) is 2. The molecule has 4 N–H and O–H groups in total. The van der Waals surface area contributed by atoms with E-state index in [0.29, 0.717) is 34.7 Å². The minimum atomic E-state index is -3.01. The molecule has 1 aromatic carbocycles. The van der Waals surface area contributed by atoms with Crippen molar-refractivity contribution in [3.63, 3.8) is 0 Å². The van der Waals surface area contributed by atoms with Crippen LogP contribution >= 0.6 is 0 Å². The molecular weight excluding hydrogens is 376 g/mol. The smallest absolute Gasteiger partial charge is 0.270 e. The van der Waals surface area contributed by atoms with Crippen LogP contribution in [0.5, 0.6) is 5.75 Å². The minimum absolute atomic E-state index is 0.170. The molecule has 0 amide bonds. The Labute approximate surface area is 168 Å². The molecule has 1 saturated carbocycles. The lowest BCUT2D eigenvalue weighted by molar-refractivity contribution is 0.0173. The van der Waals surface area contributed by atoms with Crippen LogP contribution in [0.1, 0.15) is 31.0 Å². The molecule has 8 heteroatoms. The summed E-state index contributed by atoms with van der Waals surface area (Å²) in [5.41, 5.74) is 7.93. The molecule has 0 bridgehead atoms. The van der Waals surface area contributed by atoms with Crippen molar-refractivity contribution in [1.82, 2.24) is 9.97 Å². The second-order valence-corrected chi connectivity index (χ2v) is 7.26. The van der Waals surface area contributed by atoms with Gasteiger partial charge < -0.3 is 21.1 Å². The van der Waals surface area contributed by atoms with Gasteiger partial charge in [0.1, 0.15) is 17.4 Å². The molecule has 1 fully saturated rings. The van der Waals surface area contributed by atoms with Crippen molar-refractivity contribution in [2.24, 2.45) is 11.7 Å². The van der Waals surface area contributed by atoms with Crippen molar-refractivity contribution in [1.29, 1.82) is 0 Å². The third kappa shape index (κ3) is 5.66. The highest BCUT2D eigenvalue weighted by molar-refractivity contribution is 5.60. The highest BCUT2D eigenvalue weighted by Gasteiger charge is 2.26. The number of halogens is 2. The fourth-order valence-electron chi connectivity index (χ4n) is 2.82. The number of aromatic nitrogens is 2. The molecule has 3 rings (SSSR count). The van der Waals surface area contributed by atoms with Gasteiger partial charge in [-0.1, -0.05) is 6.58 Å². The third-order valence-electron chi connectivity index (χ3n) is 4.47. The lowest BCUT2D eigenvalue weighted by atomic mass is 10.1. The highest BCUT2D eigenvalue weighted by Crippen LogP contribution is 2.36. The number of alkyl halides is 2. The van der Waals surface area contributed by atoms with Gasteiger partial charge >= 0.3 is 0 Å². The van der Waals surface area contributed by atoms with E-state index in [-0.39, 0.29) is 11.5 Å². The van der Waals surface area contributed by atoms with Crippen molar-refractivity contribution in [2.45, 2.75) is 32.6 Å². The van der Waals surface area contributed by atoms with Gasteiger partial charge in [0, 0.05) is 36.0 Å². The van der Waals surface area contributed by atoms with Gasteiger partial charge in [0.15, 0.2) is 0 Å². The Morgan fingerprint density at radius 1 is 1.28 bits per heavy atom. The first-order valence-electron chi connectivity index (χ1n) is 9.27. The van der Waals surface area contributed by atoms with Gasteiger partial charge in [-0.05, 0) is 49.5 Å². The van der Waals surface area contributed by atoms with Crippen LogP contribution in [-0.2, 0) is 5.92 Å². The summed E-state index contributed by atoms with van der Waals surface area (Å²) < 4.78 is 32.7. The summed E-state index contributed by atoms with van der Waals surface area (Å²) in [7, 11) is 1.42. The molecule has 6 nitrogen and oxygen atoms in total. The third-order valence-corrected chi connectivity index (χ3v) is 4.47. The first-order valence-corrected chi connectivity index (χ1v) is 9.27. The summed E-state index contributed by atoms with van der Waals surface area (Å²) >= 11 is 0. The number of hydrogen-bond donors (Lipinski definition) is 3. The van der Waals surface area contributed by atoms with E-state index in [4.69, 9.17) is 10.5 Å². The maximum absolute atomic E-state index is 13.8. The lowest BCUT2D eigenvalue weighted by Gasteiger charge is -2.15. The first kappa shape index (κ1) is 20.6. The van der Waals surface area contributed by atoms with Gasteiger partial charge in [-0.15, -0.1) is 0 Å². The second-order valence-electron chi connectivity index (χ2n) is 7.26. The Kier molecular flexibility index (Phi) is 5.72. The summed E-state index contributed by atoms with van der Waals surface area (Å²) in [4.78, 5) is 8.69. The summed E-state index contributed by atoms with van der Waals surface area (Å²) in [6, 6.07) is 5.98. The standard InChI is InChI=1S/C21H25F2N5O/c1-12(14-5-6-14)7-18(24)27-19-8-13(2)25-20(28-19)26-16-9-15(21(3,22)23)10-17(11-16)29-4/h7-11,14H,1,5-6,24H2,2-4H3,(H2,25,26,27,28)/b18-7+. The number of ether oxygens (including phenoxy) is 1. The fraction of sp³-hybridized carbons (Fsp3) is 0.333. The first-order chi connectivity index (χ1) is 13.6. The number of benzene rings is 1. The monoisotopic (exact) mass is 401 g/mol. The van der Waals surface area contributed by atoms with Gasteiger partial charge in [0.2, 0.25) is 5.95 Å². The van der Waals surface area contributed by atoms with Gasteiger partial charge in [-0.3, -0.25) is 0 Å². The van der Waals surface area contributed by atoms with Crippen LogP contribution in [0, 0.1) is 12.8 Å². The van der Waals surface area contributed by atoms with Crippen LogP contribution < -0.4 is 21.1 Å². The molecule has 0 aliphatic heterocycles. The van der Waals surface area contributed by atoms with Crippen molar-refractivity contribution in [3.8, 4) is 5.75 Å². The number of allylic oxidation sites excluding steroid dienone is 2. The topological polar surface area (TPSA) is 85.1 Å². The largest absolute Gasteiger partial charge is 0.497 e. The Balaban J connectivity index is 1.82. The summed E-state index contributed by atoms with van der Waals surface area (Å²) in [6.07, 6.45) is 4.09. The van der Waals surface area contributed by atoms with E-state index in [9.17, 15) is 8.78 Å². The Bertz CT molecular complexity index is 949. The van der Waals surface area contributed by atoms with Crippen LogP contribution in [0.4, 0.5) is 26.2 Å². The molecule has 1 aliphatic rings. The van der Waals surface area contributed by atoms with Gasteiger partial charge in [0.25, 0.3) is 5.92 Å². The van der Waals surface area contributed by atoms with E-state index in [1.807, 2.05) is 0 Å². The maximum Gasteiger partial charge on any atom is 0.270 e. The summed E-state index contributed by atoms with van der Waals surface area (Å²) in [5, 5.41) is 5.98. The maximum atomic E-state index is 13.8. The molecule has 29 heavy (non-hydrogen) atoms. The number of hydrogen-bond acceptors (Lipinski definition) is 6. The average Bonchev–Trinajstić information content (AvgIpc) is 3.45. The van der Waals surface area contributed by atoms with Gasteiger partial charge in [-0.25, -0.2) is 13.8 Å². The summed E-state index contributed by atoms with van der Waals surface area (Å²) in [6.45, 7) is 6.66. The van der Waals surface area contributed by atoms with E-state index < -0.39 is 5.92 Å². The molecule has 1 aliphatic carbocycles. The minimum Gasteiger partial charge on any atom is -0.497 e. The highest BCUT2D eigenvalue weighted by atomic mass is 19.3. The normalized spacial score (nSPS) is 14.4.